The molecular formula is C26H27F6N5O6S. The first-order valence-electron chi connectivity index (χ1n) is 13.0. The summed E-state index contributed by atoms with van der Waals surface area (Å²) in [6.45, 7) is 5.30. The Hall–Kier alpha value is -3.90. The normalized spacial score (nSPS) is 17.6. The summed E-state index contributed by atoms with van der Waals surface area (Å²) >= 11 is 1.74. The number of carbonyl (C=O) groups is 2. The molecule has 18 heteroatoms. The van der Waals surface area contributed by atoms with E-state index < -0.39 is 24.3 Å². The van der Waals surface area contributed by atoms with Crippen LogP contribution in [0.4, 0.5) is 26.3 Å². The fourth-order valence-corrected chi connectivity index (χ4v) is 5.86. The molecule has 11 nitrogen and oxygen atoms in total. The van der Waals surface area contributed by atoms with Gasteiger partial charge in [0.25, 0.3) is 0 Å². The lowest BCUT2D eigenvalue weighted by atomic mass is 9.84. The quantitative estimate of drug-likeness (QED) is 0.392. The third-order valence-electron chi connectivity index (χ3n) is 7.04. The van der Waals surface area contributed by atoms with Crippen LogP contribution in [-0.4, -0.2) is 92.5 Å². The summed E-state index contributed by atoms with van der Waals surface area (Å²) in [6.07, 6.45) is -7.96. The number of piperidine rings is 1. The zero-order valence-electron chi connectivity index (χ0n) is 23.1. The molecule has 0 radical (unpaired) electrons. The molecule has 2 N–H and O–H groups in total. The van der Waals surface area contributed by atoms with Crippen molar-refractivity contribution in [1.82, 2.24) is 24.6 Å². The van der Waals surface area contributed by atoms with E-state index in [2.05, 4.69) is 61.3 Å². The van der Waals surface area contributed by atoms with Crippen LogP contribution in [0.15, 0.2) is 35.7 Å². The molecule has 1 aromatic carbocycles. The number of alkyl halides is 6. The van der Waals surface area contributed by atoms with Crippen molar-refractivity contribution < 1.29 is 55.6 Å². The van der Waals surface area contributed by atoms with Gasteiger partial charge in [0.2, 0.25) is 6.79 Å². The Morgan fingerprint density at radius 2 is 1.59 bits per heavy atom. The molecule has 6 rings (SSSR count). The average Bonchev–Trinajstić information content (AvgIpc) is 3.70. The maximum atomic E-state index is 10.6. The van der Waals surface area contributed by atoms with Gasteiger partial charge in [0, 0.05) is 26.2 Å². The number of ether oxygens (including phenoxy) is 2. The Labute approximate surface area is 250 Å². The fourth-order valence-electron chi connectivity index (χ4n) is 5.16. The van der Waals surface area contributed by atoms with Crippen LogP contribution in [0, 0.1) is 0 Å². The van der Waals surface area contributed by atoms with Gasteiger partial charge in [0.1, 0.15) is 5.82 Å². The van der Waals surface area contributed by atoms with Crippen LogP contribution in [0.25, 0.3) is 10.7 Å². The molecule has 0 saturated carbocycles. The van der Waals surface area contributed by atoms with E-state index in [0.29, 0.717) is 6.79 Å². The van der Waals surface area contributed by atoms with Crippen molar-refractivity contribution in [3.8, 4) is 22.2 Å². The summed E-state index contributed by atoms with van der Waals surface area (Å²) in [5.41, 5.74) is 1.34. The summed E-state index contributed by atoms with van der Waals surface area (Å²) in [7, 11) is 2.20. The molecule has 3 aliphatic heterocycles. The lowest BCUT2D eigenvalue weighted by Crippen LogP contribution is -2.55. The molecule has 0 atom stereocenters. The highest BCUT2D eigenvalue weighted by Gasteiger charge is 2.44. The maximum absolute atomic E-state index is 10.6. The standard InChI is InChI=1S/C22H25N5O2S.2C2HF3O2/c1-25-13-20-23-24-21(19-3-2-10-30-19)27(20)22(14-25)6-8-26(9-7-22)12-16-4-5-17-18(11-16)29-15-28-17;2*3-2(4,5)1(6)7/h2-5,10-11H,6-9,12-15H2,1H3;2*(H,6,7). The number of benzene rings is 1. The number of halogens is 6. The lowest BCUT2D eigenvalue weighted by Gasteiger charge is -2.48. The number of aromatic nitrogens is 3. The summed E-state index contributed by atoms with van der Waals surface area (Å²) in [6, 6.07) is 10.5. The number of carboxylic acids is 2. The molecule has 0 amide bonds. The van der Waals surface area contributed by atoms with Gasteiger partial charge in [0.05, 0.1) is 17.0 Å². The van der Waals surface area contributed by atoms with Crippen molar-refractivity contribution in [3.63, 3.8) is 0 Å². The number of hydrogen-bond acceptors (Lipinski definition) is 9. The van der Waals surface area contributed by atoms with E-state index in [1.807, 2.05) is 6.07 Å². The number of hydrogen-bond donors (Lipinski definition) is 2. The van der Waals surface area contributed by atoms with Crippen molar-refractivity contribution in [2.45, 2.75) is 43.8 Å². The van der Waals surface area contributed by atoms with Crippen LogP contribution in [-0.2, 0) is 28.2 Å². The second-order valence-corrected chi connectivity index (χ2v) is 11.2. The van der Waals surface area contributed by atoms with E-state index in [0.717, 1.165) is 68.7 Å². The molecule has 240 valence electrons. The molecule has 0 bridgehead atoms. The number of thiophene rings is 1. The number of rotatable bonds is 3. The molecule has 3 aliphatic rings. The van der Waals surface area contributed by atoms with Gasteiger partial charge in [-0.3, -0.25) is 9.80 Å². The van der Waals surface area contributed by atoms with Gasteiger partial charge in [-0.1, -0.05) is 12.1 Å². The van der Waals surface area contributed by atoms with Gasteiger partial charge < -0.3 is 24.3 Å². The van der Waals surface area contributed by atoms with Gasteiger partial charge in [-0.15, -0.1) is 21.5 Å². The Morgan fingerprint density at radius 1 is 0.977 bits per heavy atom. The molecule has 2 aromatic heterocycles. The van der Waals surface area contributed by atoms with Gasteiger partial charge in [-0.2, -0.15) is 26.3 Å². The van der Waals surface area contributed by atoms with Gasteiger partial charge >= 0.3 is 24.3 Å². The molecule has 1 fully saturated rings. The predicted octanol–water partition coefficient (Wildman–Crippen LogP) is 4.44. The molecule has 5 heterocycles. The summed E-state index contributed by atoms with van der Waals surface area (Å²) in [5, 5.41) is 25.5. The van der Waals surface area contributed by atoms with Gasteiger partial charge in [-0.05, 0) is 49.0 Å². The highest BCUT2D eigenvalue weighted by atomic mass is 32.1. The smallest absolute Gasteiger partial charge is 0.475 e. The van der Waals surface area contributed by atoms with Crippen LogP contribution < -0.4 is 9.47 Å². The van der Waals surface area contributed by atoms with E-state index in [9.17, 15) is 26.3 Å². The summed E-state index contributed by atoms with van der Waals surface area (Å²) < 4.78 is 76.9. The minimum atomic E-state index is -5.08. The first-order valence-corrected chi connectivity index (χ1v) is 13.9. The van der Waals surface area contributed by atoms with E-state index in [4.69, 9.17) is 29.3 Å². The monoisotopic (exact) mass is 651 g/mol. The topological polar surface area (TPSA) is 130 Å². The zero-order chi connectivity index (χ0) is 32.3. The first kappa shape index (κ1) is 33.0. The molecule has 3 aromatic rings. The number of fused-ring (bicyclic) bond motifs is 3. The third-order valence-corrected chi connectivity index (χ3v) is 7.90. The van der Waals surface area contributed by atoms with Crippen molar-refractivity contribution in [3.05, 3.63) is 47.1 Å². The molecule has 44 heavy (non-hydrogen) atoms. The molecular weight excluding hydrogens is 624 g/mol. The van der Waals surface area contributed by atoms with E-state index >= 15 is 0 Å². The van der Waals surface area contributed by atoms with Gasteiger partial charge in [0.15, 0.2) is 17.3 Å². The second-order valence-electron chi connectivity index (χ2n) is 10.2. The molecule has 0 aliphatic carbocycles. The van der Waals surface area contributed by atoms with Gasteiger partial charge in [-0.25, -0.2) is 9.59 Å². The Balaban J connectivity index is 0.000000265. The molecule has 1 spiro atoms. The SMILES string of the molecule is CN1Cc2nnc(-c3cccs3)n2C2(CCN(Cc3ccc4c(c3)OCO4)CC2)C1.O=C(O)C(F)(F)F.O=C(O)C(F)(F)F. The number of carboxylic acid groups (broad SMARTS) is 2. The van der Waals surface area contributed by atoms with Crippen molar-refractivity contribution >= 4 is 23.3 Å². The molecule has 0 unspecified atom stereocenters. The number of likely N-dealkylation sites (tertiary alicyclic amines) is 1. The number of nitrogens with zero attached hydrogens (tertiary/aromatic N) is 5. The summed E-state index contributed by atoms with van der Waals surface area (Å²) in [5.74, 6) is -1.67. The van der Waals surface area contributed by atoms with Crippen LogP contribution >= 0.6 is 11.3 Å². The highest BCUT2D eigenvalue weighted by molar-refractivity contribution is 7.13. The predicted molar refractivity (Wildman–Crippen MR) is 142 cm³/mol. The van der Waals surface area contributed by atoms with Crippen molar-refractivity contribution in [1.29, 1.82) is 0 Å². The van der Waals surface area contributed by atoms with Crippen LogP contribution in [0.1, 0.15) is 24.2 Å². The van der Waals surface area contributed by atoms with Crippen molar-refractivity contribution in [2.24, 2.45) is 0 Å². The highest BCUT2D eigenvalue weighted by Crippen LogP contribution is 2.40. The Morgan fingerprint density at radius 3 is 2.16 bits per heavy atom. The van der Waals surface area contributed by atoms with Crippen LogP contribution in [0.5, 0.6) is 11.5 Å². The van der Waals surface area contributed by atoms with E-state index in [1.54, 1.807) is 11.3 Å². The summed E-state index contributed by atoms with van der Waals surface area (Å²) in [4.78, 5) is 23.9. The largest absolute Gasteiger partial charge is 0.490 e. The lowest BCUT2D eigenvalue weighted by molar-refractivity contribution is -0.193. The zero-order valence-corrected chi connectivity index (χ0v) is 23.9. The van der Waals surface area contributed by atoms with E-state index in [1.165, 1.54) is 10.4 Å². The average molecular weight is 652 g/mol. The fraction of sp³-hybridized carbons (Fsp3) is 0.462. The number of aliphatic carboxylic acids is 2. The van der Waals surface area contributed by atoms with Crippen molar-refractivity contribution in [2.75, 3.05) is 33.5 Å². The third kappa shape index (κ3) is 7.78. The Kier molecular flexibility index (Phi) is 9.74. The van der Waals surface area contributed by atoms with Crippen LogP contribution in [0.3, 0.4) is 0 Å². The minimum Gasteiger partial charge on any atom is -0.475 e. The Bertz CT molecular complexity index is 1430. The minimum absolute atomic E-state index is 0.0660. The number of likely N-dealkylation sites (N-methyl/N-ethyl adjacent to an activating group) is 1. The van der Waals surface area contributed by atoms with E-state index in [-0.39, 0.29) is 5.54 Å². The molecule has 1 saturated heterocycles. The first-order chi connectivity index (χ1) is 20.6. The van der Waals surface area contributed by atoms with Crippen LogP contribution in [0.2, 0.25) is 0 Å². The maximum Gasteiger partial charge on any atom is 0.490 e. The second kappa shape index (κ2) is 13.0.